The molecule has 1 unspecified atom stereocenters. The molecule has 0 radical (unpaired) electrons. The maximum absolute atomic E-state index is 11.1. The number of thiazole rings is 1. The number of carbonyl (C=O) groups is 1. The van der Waals surface area contributed by atoms with E-state index in [1.54, 1.807) is 12.1 Å². The fourth-order valence-corrected chi connectivity index (χ4v) is 3.36. The Labute approximate surface area is 119 Å². The summed E-state index contributed by atoms with van der Waals surface area (Å²) in [5.74, 6) is -1.24. The van der Waals surface area contributed by atoms with Gasteiger partial charge in [0.15, 0.2) is 5.13 Å². The van der Waals surface area contributed by atoms with Gasteiger partial charge < -0.3 is 10.4 Å². The Balaban J connectivity index is 1.82. The molecule has 1 heterocycles. The third-order valence-electron chi connectivity index (χ3n) is 3.11. The number of benzene rings is 1. The third-order valence-corrected chi connectivity index (χ3v) is 4.41. The highest BCUT2D eigenvalue weighted by atomic mass is 35.5. The highest BCUT2D eigenvalue weighted by molar-refractivity contribution is 7.15. The smallest absolute Gasteiger partial charge is 0.312 e. The van der Waals surface area contributed by atoms with Gasteiger partial charge in [-0.25, -0.2) is 4.98 Å². The van der Waals surface area contributed by atoms with Gasteiger partial charge in [0.1, 0.15) is 5.92 Å². The predicted octanol–water partition coefficient (Wildman–Crippen LogP) is 3.65. The minimum Gasteiger partial charge on any atom is -0.481 e. The fraction of sp³-hybridized carbons (Fsp3) is 0.231. The Hall–Kier alpha value is -1.59. The monoisotopic (exact) mass is 294 g/mol. The van der Waals surface area contributed by atoms with Gasteiger partial charge >= 0.3 is 5.97 Å². The van der Waals surface area contributed by atoms with E-state index in [1.807, 2.05) is 12.1 Å². The minimum atomic E-state index is -0.790. The van der Waals surface area contributed by atoms with Crippen LogP contribution in [0.5, 0.6) is 0 Å². The van der Waals surface area contributed by atoms with Gasteiger partial charge in [-0.2, -0.15) is 0 Å². The highest BCUT2D eigenvalue weighted by Crippen LogP contribution is 2.39. The lowest BCUT2D eigenvalue weighted by Gasteiger charge is -2.04. The van der Waals surface area contributed by atoms with E-state index < -0.39 is 11.9 Å². The maximum atomic E-state index is 11.1. The molecule has 0 fully saturated rings. The van der Waals surface area contributed by atoms with E-state index >= 15 is 0 Å². The zero-order valence-electron chi connectivity index (χ0n) is 9.89. The average molecular weight is 295 g/mol. The number of aromatic nitrogens is 1. The van der Waals surface area contributed by atoms with Crippen molar-refractivity contribution in [3.63, 3.8) is 0 Å². The summed E-state index contributed by atoms with van der Waals surface area (Å²) < 4.78 is 0. The van der Waals surface area contributed by atoms with Gasteiger partial charge in [-0.3, -0.25) is 4.79 Å². The van der Waals surface area contributed by atoms with Crippen LogP contribution < -0.4 is 5.32 Å². The van der Waals surface area contributed by atoms with Gasteiger partial charge in [0, 0.05) is 15.6 Å². The first kappa shape index (κ1) is 12.4. The van der Waals surface area contributed by atoms with Crippen LogP contribution in [0.25, 0.3) is 0 Å². The molecule has 98 valence electrons. The zero-order chi connectivity index (χ0) is 13.4. The molecule has 0 aliphatic heterocycles. The first-order chi connectivity index (χ1) is 9.13. The molecule has 1 aliphatic rings. The molecule has 0 bridgehead atoms. The normalized spacial score (nSPS) is 17.2. The molecule has 1 aromatic heterocycles. The van der Waals surface area contributed by atoms with E-state index in [0.29, 0.717) is 17.1 Å². The fourth-order valence-electron chi connectivity index (χ4n) is 2.18. The van der Waals surface area contributed by atoms with E-state index in [2.05, 4.69) is 10.3 Å². The number of aliphatic carboxylic acids is 1. The Bertz CT molecular complexity index is 624. The summed E-state index contributed by atoms with van der Waals surface area (Å²) in [6.45, 7) is 0. The number of fused-ring (bicyclic) bond motifs is 1. The molecule has 0 saturated heterocycles. The first-order valence-corrected chi connectivity index (χ1v) is 7.08. The van der Waals surface area contributed by atoms with Crippen molar-refractivity contribution < 1.29 is 9.90 Å². The molecule has 0 spiro atoms. The molecule has 1 aliphatic carbocycles. The molecule has 1 atom stereocenters. The summed E-state index contributed by atoms with van der Waals surface area (Å²) in [6, 6.07) is 7.32. The molecule has 19 heavy (non-hydrogen) atoms. The number of halogens is 1. The topological polar surface area (TPSA) is 62.2 Å². The number of carboxylic acids is 1. The van der Waals surface area contributed by atoms with Crippen molar-refractivity contribution >= 4 is 39.7 Å². The van der Waals surface area contributed by atoms with Crippen molar-refractivity contribution in [3.8, 4) is 0 Å². The molecule has 0 amide bonds. The lowest BCUT2D eigenvalue weighted by atomic mass is 10.1. The van der Waals surface area contributed by atoms with Crippen molar-refractivity contribution in [3.05, 3.63) is 39.9 Å². The summed E-state index contributed by atoms with van der Waals surface area (Å²) in [5, 5.41) is 13.7. The van der Waals surface area contributed by atoms with Crippen LogP contribution in [0.15, 0.2) is 24.3 Å². The number of anilines is 2. The predicted molar refractivity (Wildman–Crippen MR) is 75.5 cm³/mol. The van der Waals surface area contributed by atoms with Crippen LogP contribution in [0.1, 0.15) is 22.9 Å². The zero-order valence-corrected chi connectivity index (χ0v) is 11.5. The average Bonchev–Trinajstić information content (AvgIpc) is 2.91. The molecule has 2 aromatic rings. The Kier molecular flexibility index (Phi) is 3.16. The van der Waals surface area contributed by atoms with Crippen LogP contribution in [-0.4, -0.2) is 16.1 Å². The van der Waals surface area contributed by atoms with Crippen LogP contribution >= 0.6 is 22.9 Å². The lowest BCUT2D eigenvalue weighted by Crippen LogP contribution is -2.08. The van der Waals surface area contributed by atoms with Crippen molar-refractivity contribution in [1.29, 1.82) is 0 Å². The van der Waals surface area contributed by atoms with Gasteiger partial charge in [-0.05, 0) is 37.1 Å². The Morgan fingerprint density at radius 2 is 2.16 bits per heavy atom. The molecule has 6 heteroatoms. The van der Waals surface area contributed by atoms with Crippen LogP contribution in [-0.2, 0) is 11.2 Å². The van der Waals surface area contributed by atoms with E-state index in [1.165, 1.54) is 11.3 Å². The standard InChI is InChI=1S/C13H11ClN2O2S/c14-7-1-3-8(4-2-7)15-13-16-11-9(12(17)18)5-6-10(11)19-13/h1-4,9H,5-6H2,(H,15,16)(H,17,18). The Morgan fingerprint density at radius 1 is 1.42 bits per heavy atom. The van der Waals surface area contributed by atoms with Crippen molar-refractivity contribution in [1.82, 2.24) is 4.98 Å². The lowest BCUT2D eigenvalue weighted by molar-refractivity contribution is -0.138. The number of rotatable bonds is 3. The van der Waals surface area contributed by atoms with Gasteiger partial charge in [0.25, 0.3) is 0 Å². The summed E-state index contributed by atoms with van der Waals surface area (Å²) in [5.41, 5.74) is 1.61. The van der Waals surface area contributed by atoms with E-state index in [-0.39, 0.29) is 0 Å². The molecular formula is C13H11ClN2O2S. The second-order valence-electron chi connectivity index (χ2n) is 4.39. The van der Waals surface area contributed by atoms with Crippen molar-refractivity contribution in [2.75, 3.05) is 5.32 Å². The quantitative estimate of drug-likeness (QED) is 0.907. The molecular weight excluding hydrogens is 284 g/mol. The number of nitrogens with zero attached hydrogens (tertiary/aromatic N) is 1. The summed E-state index contributed by atoms with van der Waals surface area (Å²) in [7, 11) is 0. The van der Waals surface area contributed by atoms with Crippen molar-refractivity contribution in [2.45, 2.75) is 18.8 Å². The summed E-state index contributed by atoms with van der Waals surface area (Å²) in [6.07, 6.45) is 1.46. The summed E-state index contributed by atoms with van der Waals surface area (Å²) >= 11 is 7.35. The number of carboxylic acid groups (broad SMARTS) is 1. The van der Waals surface area contributed by atoms with Crippen LogP contribution in [0, 0.1) is 0 Å². The van der Waals surface area contributed by atoms with Crippen molar-refractivity contribution in [2.24, 2.45) is 0 Å². The molecule has 1 aromatic carbocycles. The molecule has 2 N–H and O–H groups in total. The van der Waals surface area contributed by atoms with Crippen LogP contribution in [0.3, 0.4) is 0 Å². The van der Waals surface area contributed by atoms with Gasteiger partial charge in [0.2, 0.25) is 0 Å². The maximum Gasteiger partial charge on any atom is 0.312 e. The first-order valence-electron chi connectivity index (χ1n) is 5.88. The number of nitrogens with one attached hydrogen (secondary N) is 1. The second kappa shape index (κ2) is 4.83. The second-order valence-corrected chi connectivity index (χ2v) is 5.91. The van der Waals surface area contributed by atoms with E-state index in [9.17, 15) is 4.79 Å². The van der Waals surface area contributed by atoms with Gasteiger partial charge in [-0.1, -0.05) is 11.6 Å². The molecule has 0 saturated carbocycles. The van der Waals surface area contributed by atoms with E-state index in [4.69, 9.17) is 16.7 Å². The highest BCUT2D eigenvalue weighted by Gasteiger charge is 2.32. The molecule has 4 nitrogen and oxygen atoms in total. The third kappa shape index (κ3) is 2.43. The summed E-state index contributed by atoms with van der Waals surface area (Å²) in [4.78, 5) is 16.6. The van der Waals surface area contributed by atoms with Crippen LogP contribution in [0.4, 0.5) is 10.8 Å². The number of hydrogen-bond donors (Lipinski definition) is 2. The largest absolute Gasteiger partial charge is 0.481 e. The molecule has 3 rings (SSSR count). The number of aryl methyl sites for hydroxylation is 1. The van der Waals surface area contributed by atoms with E-state index in [0.717, 1.165) is 22.1 Å². The number of hydrogen-bond acceptors (Lipinski definition) is 4. The van der Waals surface area contributed by atoms with Gasteiger partial charge in [-0.15, -0.1) is 11.3 Å². The minimum absolute atomic E-state index is 0.452. The Morgan fingerprint density at radius 3 is 2.84 bits per heavy atom. The van der Waals surface area contributed by atoms with Gasteiger partial charge in [0.05, 0.1) is 5.69 Å². The van der Waals surface area contributed by atoms with Crippen LogP contribution in [0.2, 0.25) is 5.02 Å². The SMILES string of the molecule is O=C(O)C1CCc2sc(Nc3ccc(Cl)cc3)nc21.